The van der Waals surface area contributed by atoms with Gasteiger partial charge in [-0.2, -0.15) is 10.2 Å². The molecule has 1 aliphatic rings. The number of benzene rings is 1. The average molecular weight is 334 g/mol. The van der Waals surface area contributed by atoms with Crippen LogP contribution in [0.25, 0.3) is 11.3 Å². The summed E-state index contributed by atoms with van der Waals surface area (Å²) in [4.78, 5) is 18.3. The molecule has 2 heterocycles. The summed E-state index contributed by atoms with van der Waals surface area (Å²) in [6, 6.07) is 14.1. The van der Waals surface area contributed by atoms with E-state index in [1.807, 2.05) is 49.5 Å². The molecule has 2 aromatic heterocycles. The van der Waals surface area contributed by atoms with E-state index in [0.29, 0.717) is 24.0 Å². The van der Waals surface area contributed by atoms with E-state index in [0.717, 1.165) is 29.8 Å². The largest absolute Gasteiger partial charge is 0.448 e. The lowest BCUT2D eigenvalue weighted by atomic mass is 10.1. The van der Waals surface area contributed by atoms with Crippen LogP contribution in [0, 0.1) is 0 Å². The summed E-state index contributed by atoms with van der Waals surface area (Å²) < 4.78 is 5.43. The Morgan fingerprint density at radius 2 is 1.96 bits per heavy atom. The fourth-order valence-corrected chi connectivity index (χ4v) is 2.67. The zero-order valence-electron chi connectivity index (χ0n) is 13.9. The first-order valence-electron chi connectivity index (χ1n) is 8.30. The highest BCUT2D eigenvalue weighted by molar-refractivity contribution is 5.92. The van der Waals surface area contributed by atoms with E-state index in [4.69, 9.17) is 4.42 Å². The van der Waals surface area contributed by atoms with Crippen LogP contribution < -0.4 is 0 Å². The van der Waals surface area contributed by atoms with E-state index >= 15 is 0 Å². The number of aromatic nitrogens is 3. The van der Waals surface area contributed by atoms with Crippen LogP contribution in [-0.2, 0) is 6.42 Å². The Morgan fingerprint density at radius 3 is 2.64 bits per heavy atom. The van der Waals surface area contributed by atoms with Crippen molar-refractivity contribution in [3.05, 3.63) is 66.0 Å². The van der Waals surface area contributed by atoms with E-state index in [1.165, 1.54) is 6.26 Å². The standard InChI is InChI=1S/C19H18N4O2/c1-23(15-8-9-15)19(24)17-12-25-18(20-17)11-14-7-10-16(22-21-14)13-5-3-2-4-6-13/h2-7,10,12,15H,8-9,11H2,1H3. The summed E-state index contributed by atoms with van der Waals surface area (Å²) in [6.45, 7) is 0. The van der Waals surface area contributed by atoms with Crippen molar-refractivity contribution < 1.29 is 9.21 Å². The van der Waals surface area contributed by atoms with E-state index < -0.39 is 0 Å². The Balaban J connectivity index is 1.45. The number of hydrogen-bond donors (Lipinski definition) is 0. The second-order valence-electron chi connectivity index (χ2n) is 6.23. The highest BCUT2D eigenvalue weighted by Crippen LogP contribution is 2.26. The lowest BCUT2D eigenvalue weighted by molar-refractivity contribution is 0.0779. The van der Waals surface area contributed by atoms with Crippen molar-refractivity contribution >= 4 is 5.91 Å². The third-order valence-electron chi connectivity index (χ3n) is 4.31. The molecule has 0 unspecified atom stereocenters. The van der Waals surface area contributed by atoms with E-state index in [2.05, 4.69) is 15.2 Å². The highest BCUT2D eigenvalue weighted by atomic mass is 16.3. The van der Waals surface area contributed by atoms with Gasteiger partial charge >= 0.3 is 0 Å². The Labute approximate surface area is 145 Å². The predicted octanol–water partition coefficient (Wildman–Crippen LogP) is 2.96. The second kappa shape index (κ2) is 6.47. The van der Waals surface area contributed by atoms with Crippen LogP contribution in [0.1, 0.15) is 34.9 Å². The molecule has 0 spiro atoms. The molecule has 3 aromatic rings. The molecule has 6 nitrogen and oxygen atoms in total. The molecule has 0 aliphatic heterocycles. The quantitative estimate of drug-likeness (QED) is 0.717. The normalized spacial score (nSPS) is 13.6. The third-order valence-corrected chi connectivity index (χ3v) is 4.31. The van der Waals surface area contributed by atoms with Gasteiger partial charge in [-0.1, -0.05) is 30.3 Å². The molecule has 4 rings (SSSR count). The van der Waals surface area contributed by atoms with Crippen LogP contribution in [0.15, 0.2) is 53.1 Å². The zero-order valence-corrected chi connectivity index (χ0v) is 13.9. The van der Waals surface area contributed by atoms with E-state index in [-0.39, 0.29) is 5.91 Å². The van der Waals surface area contributed by atoms with Gasteiger partial charge in [-0.25, -0.2) is 4.98 Å². The minimum Gasteiger partial charge on any atom is -0.448 e. The Hall–Kier alpha value is -3.02. The van der Waals surface area contributed by atoms with Crippen LogP contribution in [0.3, 0.4) is 0 Å². The SMILES string of the molecule is CN(C(=O)c1coc(Cc2ccc(-c3ccccc3)nn2)n1)C1CC1. The van der Waals surface area contributed by atoms with Crippen LogP contribution >= 0.6 is 0 Å². The molecule has 6 heteroatoms. The fourth-order valence-electron chi connectivity index (χ4n) is 2.67. The van der Waals surface area contributed by atoms with Crippen molar-refractivity contribution in [2.45, 2.75) is 25.3 Å². The maximum Gasteiger partial charge on any atom is 0.275 e. The van der Waals surface area contributed by atoms with Crippen LogP contribution in [-0.4, -0.2) is 39.1 Å². The minimum absolute atomic E-state index is 0.0944. The summed E-state index contributed by atoms with van der Waals surface area (Å²) in [7, 11) is 1.81. The summed E-state index contributed by atoms with van der Waals surface area (Å²) in [5.74, 6) is 0.373. The summed E-state index contributed by atoms with van der Waals surface area (Å²) >= 11 is 0. The Morgan fingerprint density at radius 1 is 1.16 bits per heavy atom. The lowest BCUT2D eigenvalue weighted by Crippen LogP contribution is -2.28. The van der Waals surface area contributed by atoms with Gasteiger partial charge in [0.1, 0.15) is 6.26 Å². The molecule has 0 bridgehead atoms. The average Bonchev–Trinajstić information content (AvgIpc) is 3.41. The van der Waals surface area contributed by atoms with Gasteiger partial charge in [0, 0.05) is 18.7 Å². The van der Waals surface area contributed by atoms with Gasteiger partial charge in [0.25, 0.3) is 5.91 Å². The number of rotatable bonds is 5. The summed E-state index contributed by atoms with van der Waals surface area (Å²) in [5.41, 5.74) is 2.93. The van der Waals surface area contributed by atoms with Crippen molar-refractivity contribution in [1.82, 2.24) is 20.1 Å². The van der Waals surface area contributed by atoms with Gasteiger partial charge in [-0.15, -0.1) is 0 Å². The molecule has 0 N–H and O–H groups in total. The second-order valence-corrected chi connectivity index (χ2v) is 6.23. The van der Waals surface area contributed by atoms with Gasteiger partial charge in [0.2, 0.25) is 5.89 Å². The number of carbonyl (C=O) groups is 1. The van der Waals surface area contributed by atoms with E-state index in [9.17, 15) is 4.79 Å². The molecule has 25 heavy (non-hydrogen) atoms. The first-order chi connectivity index (χ1) is 12.2. The molecule has 0 saturated heterocycles. The molecule has 1 saturated carbocycles. The number of nitrogens with zero attached hydrogens (tertiary/aromatic N) is 4. The van der Waals surface area contributed by atoms with Crippen LogP contribution in [0.5, 0.6) is 0 Å². The fraction of sp³-hybridized carbons (Fsp3) is 0.263. The van der Waals surface area contributed by atoms with Gasteiger partial charge in [0.05, 0.1) is 17.8 Å². The highest BCUT2D eigenvalue weighted by Gasteiger charge is 2.31. The molecule has 0 radical (unpaired) electrons. The van der Waals surface area contributed by atoms with Crippen molar-refractivity contribution in [3.63, 3.8) is 0 Å². The van der Waals surface area contributed by atoms with Gasteiger partial charge in [-0.3, -0.25) is 4.79 Å². The molecule has 1 amide bonds. The third kappa shape index (κ3) is 3.42. The van der Waals surface area contributed by atoms with Crippen molar-refractivity contribution in [3.8, 4) is 11.3 Å². The van der Waals surface area contributed by atoms with Crippen molar-refractivity contribution in [1.29, 1.82) is 0 Å². The molecular formula is C19H18N4O2. The maximum absolute atomic E-state index is 12.3. The monoisotopic (exact) mass is 334 g/mol. The molecule has 1 fully saturated rings. The Kier molecular flexibility index (Phi) is 4.01. The van der Waals surface area contributed by atoms with Gasteiger partial charge in [0.15, 0.2) is 5.69 Å². The minimum atomic E-state index is -0.0944. The first-order valence-corrected chi connectivity index (χ1v) is 8.30. The number of carbonyl (C=O) groups excluding carboxylic acids is 1. The van der Waals surface area contributed by atoms with Crippen molar-refractivity contribution in [2.24, 2.45) is 0 Å². The topological polar surface area (TPSA) is 72.1 Å². The summed E-state index contributed by atoms with van der Waals surface area (Å²) in [6.07, 6.45) is 3.96. The molecule has 1 aromatic carbocycles. The zero-order chi connectivity index (χ0) is 17.2. The predicted molar refractivity (Wildman–Crippen MR) is 91.9 cm³/mol. The number of amides is 1. The molecular weight excluding hydrogens is 316 g/mol. The number of oxazole rings is 1. The maximum atomic E-state index is 12.3. The van der Waals surface area contributed by atoms with Crippen LogP contribution in [0.4, 0.5) is 0 Å². The van der Waals surface area contributed by atoms with Gasteiger partial charge in [-0.05, 0) is 25.0 Å². The molecule has 126 valence electrons. The van der Waals surface area contributed by atoms with E-state index in [1.54, 1.807) is 4.90 Å². The van der Waals surface area contributed by atoms with Gasteiger partial charge < -0.3 is 9.32 Å². The molecule has 0 atom stereocenters. The Bertz CT molecular complexity index is 870. The first kappa shape index (κ1) is 15.5. The summed E-state index contributed by atoms with van der Waals surface area (Å²) in [5, 5.41) is 8.48. The lowest BCUT2D eigenvalue weighted by Gasteiger charge is -2.13. The smallest absolute Gasteiger partial charge is 0.275 e. The number of hydrogen-bond acceptors (Lipinski definition) is 5. The van der Waals surface area contributed by atoms with Crippen LogP contribution in [0.2, 0.25) is 0 Å². The molecule has 1 aliphatic carbocycles. The van der Waals surface area contributed by atoms with Crippen molar-refractivity contribution in [2.75, 3.05) is 7.05 Å².